The molecule has 0 bridgehead atoms. The Morgan fingerprint density at radius 2 is 2.21 bits per heavy atom. The van der Waals surface area contributed by atoms with Crippen LogP contribution >= 0.6 is 0 Å². The van der Waals surface area contributed by atoms with E-state index in [1.54, 1.807) is 0 Å². The fourth-order valence-corrected chi connectivity index (χ4v) is 2.32. The standard InChI is InChI=1S/C11H22N2O/c1-13-7-3-2-4-11(13)5-6-12-10-8-14-9-10/h10-12H,2-9H2,1H3. The number of rotatable bonds is 4. The molecule has 0 aromatic heterocycles. The summed E-state index contributed by atoms with van der Waals surface area (Å²) >= 11 is 0. The maximum Gasteiger partial charge on any atom is 0.0643 e. The molecule has 2 fully saturated rings. The molecule has 0 amide bonds. The van der Waals surface area contributed by atoms with E-state index in [2.05, 4.69) is 17.3 Å². The van der Waals surface area contributed by atoms with Gasteiger partial charge in [-0.15, -0.1) is 0 Å². The molecule has 1 atom stereocenters. The summed E-state index contributed by atoms with van der Waals surface area (Å²) < 4.78 is 5.13. The summed E-state index contributed by atoms with van der Waals surface area (Å²) in [6.07, 6.45) is 5.49. The van der Waals surface area contributed by atoms with Crippen LogP contribution in [0.4, 0.5) is 0 Å². The summed E-state index contributed by atoms with van der Waals surface area (Å²) in [6.45, 7) is 4.28. The average molecular weight is 198 g/mol. The van der Waals surface area contributed by atoms with E-state index in [4.69, 9.17) is 4.74 Å². The monoisotopic (exact) mass is 198 g/mol. The molecule has 3 heteroatoms. The zero-order chi connectivity index (χ0) is 9.80. The molecule has 1 unspecified atom stereocenters. The van der Waals surface area contributed by atoms with Gasteiger partial charge in [0.05, 0.1) is 19.3 Å². The second kappa shape index (κ2) is 5.10. The van der Waals surface area contributed by atoms with Crippen LogP contribution in [0.15, 0.2) is 0 Å². The minimum atomic E-state index is 0.642. The highest BCUT2D eigenvalue weighted by atomic mass is 16.5. The molecule has 0 radical (unpaired) electrons. The van der Waals surface area contributed by atoms with E-state index in [0.29, 0.717) is 6.04 Å². The van der Waals surface area contributed by atoms with Crippen LogP contribution in [-0.4, -0.2) is 50.3 Å². The van der Waals surface area contributed by atoms with Crippen LogP contribution in [0.2, 0.25) is 0 Å². The first-order valence-electron chi connectivity index (χ1n) is 5.87. The summed E-state index contributed by atoms with van der Waals surface area (Å²) in [5.74, 6) is 0. The highest BCUT2D eigenvalue weighted by Crippen LogP contribution is 2.17. The first-order valence-corrected chi connectivity index (χ1v) is 5.87. The fourth-order valence-electron chi connectivity index (χ4n) is 2.32. The summed E-state index contributed by atoms with van der Waals surface area (Å²) in [7, 11) is 2.26. The van der Waals surface area contributed by atoms with Gasteiger partial charge in [0, 0.05) is 6.04 Å². The Morgan fingerprint density at radius 1 is 1.36 bits per heavy atom. The lowest BCUT2D eigenvalue weighted by molar-refractivity contribution is -0.00585. The van der Waals surface area contributed by atoms with E-state index < -0.39 is 0 Å². The molecule has 3 nitrogen and oxygen atoms in total. The number of likely N-dealkylation sites (tertiary alicyclic amines) is 1. The van der Waals surface area contributed by atoms with Gasteiger partial charge in [0.15, 0.2) is 0 Å². The van der Waals surface area contributed by atoms with E-state index in [-0.39, 0.29) is 0 Å². The zero-order valence-electron chi connectivity index (χ0n) is 9.17. The molecule has 1 N–H and O–H groups in total. The van der Waals surface area contributed by atoms with Crippen molar-refractivity contribution in [2.45, 2.75) is 37.8 Å². The molecule has 2 aliphatic heterocycles. The lowest BCUT2D eigenvalue weighted by Crippen LogP contribution is -2.47. The predicted octanol–water partition coefficient (Wildman–Crippen LogP) is 0.849. The summed E-state index contributed by atoms with van der Waals surface area (Å²) in [6, 6.07) is 1.46. The number of ether oxygens (including phenoxy) is 1. The van der Waals surface area contributed by atoms with E-state index in [0.717, 1.165) is 25.8 Å². The highest BCUT2D eigenvalue weighted by molar-refractivity contribution is 4.77. The molecule has 82 valence electrons. The third-order valence-corrected chi connectivity index (χ3v) is 3.47. The van der Waals surface area contributed by atoms with Gasteiger partial charge in [-0.3, -0.25) is 0 Å². The predicted molar refractivity (Wildman–Crippen MR) is 57.5 cm³/mol. The van der Waals surface area contributed by atoms with E-state index in [9.17, 15) is 0 Å². The molecule has 0 spiro atoms. The van der Waals surface area contributed by atoms with E-state index >= 15 is 0 Å². The maximum absolute atomic E-state index is 5.13. The van der Waals surface area contributed by atoms with E-state index in [1.807, 2.05) is 0 Å². The van der Waals surface area contributed by atoms with Crippen molar-refractivity contribution >= 4 is 0 Å². The smallest absolute Gasteiger partial charge is 0.0643 e. The molecule has 0 aromatic rings. The van der Waals surface area contributed by atoms with Crippen LogP contribution in [0, 0.1) is 0 Å². The molecule has 0 aromatic carbocycles. The zero-order valence-corrected chi connectivity index (χ0v) is 9.17. The van der Waals surface area contributed by atoms with Crippen LogP contribution < -0.4 is 5.32 Å². The van der Waals surface area contributed by atoms with Crippen LogP contribution in [0.5, 0.6) is 0 Å². The Hall–Kier alpha value is -0.120. The molecular weight excluding hydrogens is 176 g/mol. The van der Waals surface area contributed by atoms with Gasteiger partial charge in [-0.1, -0.05) is 6.42 Å². The van der Waals surface area contributed by atoms with Gasteiger partial charge in [0.25, 0.3) is 0 Å². The SMILES string of the molecule is CN1CCCCC1CCNC1COC1. The van der Waals surface area contributed by atoms with Gasteiger partial charge in [-0.25, -0.2) is 0 Å². The number of piperidine rings is 1. The summed E-state index contributed by atoms with van der Waals surface area (Å²) in [4.78, 5) is 2.52. The molecule has 2 rings (SSSR count). The van der Waals surface area contributed by atoms with Gasteiger partial charge in [0.1, 0.15) is 0 Å². The minimum absolute atomic E-state index is 0.642. The minimum Gasteiger partial charge on any atom is -0.378 e. The first kappa shape index (κ1) is 10.4. The van der Waals surface area contributed by atoms with Crippen LogP contribution in [0.3, 0.4) is 0 Å². The third-order valence-electron chi connectivity index (χ3n) is 3.47. The molecule has 0 saturated carbocycles. The maximum atomic E-state index is 5.13. The Morgan fingerprint density at radius 3 is 2.86 bits per heavy atom. The van der Waals surface area contributed by atoms with Crippen LogP contribution in [0.25, 0.3) is 0 Å². The van der Waals surface area contributed by atoms with Gasteiger partial charge in [-0.2, -0.15) is 0 Å². The first-order chi connectivity index (χ1) is 6.86. The Bertz CT molecular complexity index is 171. The van der Waals surface area contributed by atoms with Gasteiger partial charge >= 0.3 is 0 Å². The van der Waals surface area contributed by atoms with Crippen molar-refractivity contribution in [1.82, 2.24) is 10.2 Å². The molecule has 2 saturated heterocycles. The average Bonchev–Trinajstić information content (AvgIpc) is 2.12. The molecule has 2 heterocycles. The van der Waals surface area contributed by atoms with Gasteiger partial charge in [-0.05, 0) is 39.4 Å². The number of hydrogen-bond acceptors (Lipinski definition) is 3. The van der Waals surface area contributed by atoms with Gasteiger partial charge in [0.2, 0.25) is 0 Å². The molecular formula is C11H22N2O. The summed E-state index contributed by atoms with van der Waals surface area (Å²) in [5, 5.41) is 3.54. The van der Waals surface area contributed by atoms with Crippen LogP contribution in [-0.2, 0) is 4.74 Å². The normalized spacial score (nSPS) is 30.2. The van der Waals surface area contributed by atoms with Crippen LogP contribution in [0.1, 0.15) is 25.7 Å². The molecule has 2 aliphatic rings. The van der Waals surface area contributed by atoms with Crippen molar-refractivity contribution in [3.05, 3.63) is 0 Å². The van der Waals surface area contributed by atoms with Gasteiger partial charge < -0.3 is 15.0 Å². The number of nitrogens with one attached hydrogen (secondary N) is 1. The number of hydrogen-bond donors (Lipinski definition) is 1. The van der Waals surface area contributed by atoms with Crippen molar-refractivity contribution in [1.29, 1.82) is 0 Å². The second-order valence-corrected chi connectivity index (χ2v) is 4.61. The van der Waals surface area contributed by atoms with Crippen molar-refractivity contribution in [3.8, 4) is 0 Å². The lowest BCUT2D eigenvalue weighted by Gasteiger charge is -2.33. The Balaban J connectivity index is 1.58. The topological polar surface area (TPSA) is 24.5 Å². The number of nitrogens with zero attached hydrogens (tertiary/aromatic N) is 1. The Labute approximate surface area is 86.8 Å². The van der Waals surface area contributed by atoms with Crippen molar-refractivity contribution in [2.24, 2.45) is 0 Å². The van der Waals surface area contributed by atoms with E-state index in [1.165, 1.54) is 32.2 Å². The second-order valence-electron chi connectivity index (χ2n) is 4.61. The van der Waals surface area contributed by atoms with Crippen molar-refractivity contribution in [3.63, 3.8) is 0 Å². The van der Waals surface area contributed by atoms with Crippen molar-refractivity contribution in [2.75, 3.05) is 33.4 Å². The molecule has 0 aliphatic carbocycles. The quantitative estimate of drug-likeness (QED) is 0.725. The highest BCUT2D eigenvalue weighted by Gasteiger charge is 2.20. The fraction of sp³-hybridized carbons (Fsp3) is 1.00. The largest absolute Gasteiger partial charge is 0.378 e. The van der Waals surface area contributed by atoms with Crippen molar-refractivity contribution < 1.29 is 4.74 Å². The molecule has 14 heavy (non-hydrogen) atoms. The third kappa shape index (κ3) is 2.69. The lowest BCUT2D eigenvalue weighted by atomic mass is 10.00. The summed E-state index contributed by atoms with van der Waals surface area (Å²) in [5.41, 5.74) is 0. The Kier molecular flexibility index (Phi) is 3.79.